The van der Waals surface area contributed by atoms with E-state index in [1.165, 1.54) is 18.9 Å². The van der Waals surface area contributed by atoms with Gasteiger partial charge in [0.2, 0.25) is 0 Å². The van der Waals surface area contributed by atoms with Crippen LogP contribution in [0.4, 0.5) is 5.69 Å². The summed E-state index contributed by atoms with van der Waals surface area (Å²) in [6, 6.07) is 11.8. The molecule has 0 unspecified atom stereocenters. The third kappa shape index (κ3) is 3.45. The molecule has 0 aliphatic heterocycles. The summed E-state index contributed by atoms with van der Waals surface area (Å²) in [5.74, 6) is -0.0471. The van der Waals surface area contributed by atoms with Crippen LogP contribution in [-0.2, 0) is 22.9 Å². The van der Waals surface area contributed by atoms with E-state index in [2.05, 4.69) is 4.72 Å². The van der Waals surface area contributed by atoms with E-state index in [1.807, 2.05) is 6.07 Å². The summed E-state index contributed by atoms with van der Waals surface area (Å²) >= 11 is 0. The lowest BCUT2D eigenvalue weighted by Gasteiger charge is -2.17. The molecule has 5 heteroatoms. The highest BCUT2D eigenvalue weighted by atomic mass is 32.2. The summed E-state index contributed by atoms with van der Waals surface area (Å²) < 4.78 is 27.6. The molecular formula is C18H19NO3S. The van der Waals surface area contributed by atoms with E-state index in [0.717, 1.165) is 24.8 Å². The van der Waals surface area contributed by atoms with Crippen molar-refractivity contribution >= 4 is 21.5 Å². The van der Waals surface area contributed by atoms with Gasteiger partial charge in [-0.2, -0.15) is 0 Å². The fourth-order valence-electron chi connectivity index (χ4n) is 2.86. The summed E-state index contributed by atoms with van der Waals surface area (Å²) in [7, 11) is -3.61. The average Bonchev–Trinajstić information content (AvgIpc) is 2.54. The van der Waals surface area contributed by atoms with Crippen LogP contribution in [-0.4, -0.2) is 14.2 Å². The molecule has 0 radical (unpaired) electrons. The van der Waals surface area contributed by atoms with Gasteiger partial charge in [-0.3, -0.25) is 9.52 Å². The number of rotatable bonds is 4. The lowest BCUT2D eigenvalue weighted by molar-refractivity contribution is 0.101. The molecule has 1 N–H and O–H groups in total. The molecule has 0 fully saturated rings. The van der Waals surface area contributed by atoms with Crippen molar-refractivity contribution in [1.29, 1.82) is 0 Å². The van der Waals surface area contributed by atoms with Gasteiger partial charge in [-0.15, -0.1) is 0 Å². The number of hydrogen-bond acceptors (Lipinski definition) is 3. The molecule has 1 aliphatic rings. The molecule has 2 aromatic carbocycles. The summed E-state index contributed by atoms with van der Waals surface area (Å²) in [5, 5.41) is 0. The first-order valence-corrected chi connectivity index (χ1v) is 9.20. The van der Waals surface area contributed by atoms with Gasteiger partial charge in [0.25, 0.3) is 10.0 Å². The van der Waals surface area contributed by atoms with Crippen LogP contribution in [0.5, 0.6) is 0 Å². The van der Waals surface area contributed by atoms with E-state index in [-0.39, 0.29) is 10.7 Å². The third-order valence-corrected chi connectivity index (χ3v) is 5.55. The summed E-state index contributed by atoms with van der Waals surface area (Å²) in [5.41, 5.74) is 3.39. The zero-order valence-corrected chi connectivity index (χ0v) is 13.8. The van der Waals surface area contributed by atoms with Gasteiger partial charge in [-0.05, 0) is 80.1 Å². The molecule has 0 spiro atoms. The number of aryl methyl sites for hydroxylation is 2. The van der Waals surface area contributed by atoms with Crippen LogP contribution in [0, 0.1) is 0 Å². The first-order valence-electron chi connectivity index (χ1n) is 7.71. The number of nitrogens with one attached hydrogen (secondary N) is 1. The highest BCUT2D eigenvalue weighted by molar-refractivity contribution is 7.92. The Morgan fingerprint density at radius 1 is 0.957 bits per heavy atom. The Morgan fingerprint density at radius 2 is 1.61 bits per heavy atom. The minimum absolute atomic E-state index is 0.0471. The fourth-order valence-corrected chi connectivity index (χ4v) is 3.97. The summed E-state index contributed by atoms with van der Waals surface area (Å²) in [4.78, 5) is 11.5. The zero-order chi connectivity index (χ0) is 16.4. The molecule has 0 aromatic heterocycles. The number of anilines is 1. The lowest BCUT2D eigenvalue weighted by atomic mass is 9.92. The predicted molar refractivity (Wildman–Crippen MR) is 90.3 cm³/mol. The highest BCUT2D eigenvalue weighted by Crippen LogP contribution is 2.25. The SMILES string of the molecule is CC(=O)c1ccc(NS(=O)(=O)c2ccc3c(c2)CCCC3)cc1. The summed E-state index contributed by atoms with van der Waals surface area (Å²) in [6.45, 7) is 1.48. The van der Waals surface area contributed by atoms with Gasteiger partial charge in [-0.1, -0.05) is 6.07 Å². The minimum Gasteiger partial charge on any atom is -0.295 e. The molecule has 3 rings (SSSR count). The monoisotopic (exact) mass is 329 g/mol. The Kier molecular flexibility index (Phi) is 4.22. The van der Waals surface area contributed by atoms with E-state index in [1.54, 1.807) is 36.4 Å². The van der Waals surface area contributed by atoms with Gasteiger partial charge in [-0.25, -0.2) is 8.42 Å². The Hall–Kier alpha value is -2.14. The molecule has 0 saturated heterocycles. The molecule has 1 aliphatic carbocycles. The number of fused-ring (bicyclic) bond motifs is 1. The molecule has 0 heterocycles. The molecule has 2 aromatic rings. The van der Waals surface area contributed by atoms with E-state index in [9.17, 15) is 13.2 Å². The standard InChI is InChI=1S/C18H19NO3S/c1-13(20)14-6-9-17(10-7-14)19-23(21,22)18-11-8-15-4-2-3-5-16(15)12-18/h6-12,19H,2-5H2,1H3. The Morgan fingerprint density at radius 3 is 2.26 bits per heavy atom. The van der Waals surface area contributed by atoms with Crippen molar-refractivity contribution in [3.63, 3.8) is 0 Å². The third-order valence-electron chi connectivity index (χ3n) is 4.17. The summed E-state index contributed by atoms with van der Waals surface area (Å²) in [6.07, 6.45) is 4.23. The molecule has 120 valence electrons. The lowest BCUT2D eigenvalue weighted by Crippen LogP contribution is -2.14. The molecule has 4 nitrogen and oxygen atoms in total. The van der Waals surface area contributed by atoms with Gasteiger partial charge in [0.1, 0.15) is 0 Å². The van der Waals surface area contributed by atoms with E-state index < -0.39 is 10.0 Å². The van der Waals surface area contributed by atoms with Crippen LogP contribution < -0.4 is 4.72 Å². The second-order valence-electron chi connectivity index (χ2n) is 5.88. The number of hydrogen-bond donors (Lipinski definition) is 1. The number of Topliss-reactive ketones (excluding diaryl/α,β-unsaturated/α-hetero) is 1. The topological polar surface area (TPSA) is 63.2 Å². The maximum absolute atomic E-state index is 12.5. The molecular weight excluding hydrogens is 310 g/mol. The Bertz CT molecular complexity index is 839. The average molecular weight is 329 g/mol. The first kappa shape index (κ1) is 15.7. The first-order chi connectivity index (χ1) is 11.0. The van der Waals surface area contributed by atoms with Gasteiger partial charge in [0, 0.05) is 11.3 Å². The van der Waals surface area contributed by atoms with Crippen LogP contribution in [0.1, 0.15) is 41.3 Å². The van der Waals surface area contributed by atoms with Crippen LogP contribution in [0.2, 0.25) is 0 Å². The van der Waals surface area contributed by atoms with Gasteiger partial charge in [0.15, 0.2) is 5.78 Å². The van der Waals surface area contributed by atoms with Crippen molar-refractivity contribution in [1.82, 2.24) is 0 Å². The van der Waals surface area contributed by atoms with Gasteiger partial charge in [0.05, 0.1) is 4.90 Å². The zero-order valence-electron chi connectivity index (χ0n) is 13.0. The molecule has 0 amide bonds. The van der Waals surface area contributed by atoms with Gasteiger partial charge < -0.3 is 0 Å². The maximum Gasteiger partial charge on any atom is 0.261 e. The number of ketones is 1. The van der Waals surface area contributed by atoms with Crippen molar-refractivity contribution < 1.29 is 13.2 Å². The fraction of sp³-hybridized carbons (Fsp3) is 0.278. The van der Waals surface area contributed by atoms with Crippen LogP contribution in [0.3, 0.4) is 0 Å². The second-order valence-corrected chi connectivity index (χ2v) is 7.56. The van der Waals surface area contributed by atoms with Crippen molar-refractivity contribution in [3.05, 3.63) is 59.2 Å². The number of carbonyl (C=O) groups excluding carboxylic acids is 1. The van der Waals surface area contributed by atoms with Gasteiger partial charge >= 0.3 is 0 Å². The highest BCUT2D eigenvalue weighted by Gasteiger charge is 2.18. The predicted octanol–water partition coefficient (Wildman–Crippen LogP) is 3.57. The van der Waals surface area contributed by atoms with Crippen molar-refractivity contribution in [2.24, 2.45) is 0 Å². The minimum atomic E-state index is -3.61. The Labute approximate surface area is 136 Å². The van der Waals surface area contributed by atoms with Crippen LogP contribution in [0.15, 0.2) is 47.4 Å². The van der Waals surface area contributed by atoms with E-state index in [0.29, 0.717) is 11.3 Å². The van der Waals surface area contributed by atoms with Crippen molar-refractivity contribution in [3.8, 4) is 0 Å². The van der Waals surface area contributed by atoms with E-state index in [4.69, 9.17) is 0 Å². The number of sulfonamides is 1. The number of carbonyl (C=O) groups is 1. The normalized spacial score (nSPS) is 14.1. The van der Waals surface area contributed by atoms with Crippen LogP contribution >= 0.6 is 0 Å². The quantitative estimate of drug-likeness (QED) is 0.872. The van der Waals surface area contributed by atoms with E-state index >= 15 is 0 Å². The Balaban J connectivity index is 1.85. The van der Waals surface area contributed by atoms with Crippen molar-refractivity contribution in [2.45, 2.75) is 37.5 Å². The molecule has 0 atom stereocenters. The van der Waals surface area contributed by atoms with Crippen molar-refractivity contribution in [2.75, 3.05) is 4.72 Å². The maximum atomic E-state index is 12.5. The second kappa shape index (κ2) is 6.16. The molecule has 0 bridgehead atoms. The smallest absolute Gasteiger partial charge is 0.261 e. The molecule has 0 saturated carbocycles. The van der Waals surface area contributed by atoms with Crippen LogP contribution in [0.25, 0.3) is 0 Å². The largest absolute Gasteiger partial charge is 0.295 e. The molecule has 23 heavy (non-hydrogen) atoms. The number of benzene rings is 2.